The average molecular weight is 374 g/mol. The summed E-state index contributed by atoms with van der Waals surface area (Å²) in [6.45, 7) is 2.51. The van der Waals surface area contributed by atoms with E-state index in [9.17, 15) is 9.59 Å². The number of carbonyl (C=O) groups excluding carboxylic acids is 2. The SMILES string of the molecule is COc1cc(NC(=O)[C@H](C)NC(=O)[C@@H]([NH3+])CCCC[NH3+])cc2ccccc12. The molecule has 7 nitrogen and oxygen atoms in total. The fraction of sp³-hybridized carbons (Fsp3) is 0.400. The van der Waals surface area contributed by atoms with Crippen LogP contribution in [0, 0.1) is 0 Å². The van der Waals surface area contributed by atoms with E-state index in [2.05, 4.69) is 22.1 Å². The highest BCUT2D eigenvalue weighted by Crippen LogP contribution is 2.29. The largest absolute Gasteiger partial charge is 0.496 e. The number of hydrogen-bond donors (Lipinski definition) is 4. The molecule has 0 radical (unpaired) electrons. The predicted octanol–water partition coefficient (Wildman–Crippen LogP) is 0.314. The Morgan fingerprint density at radius 2 is 1.89 bits per heavy atom. The van der Waals surface area contributed by atoms with Crippen LogP contribution in [0.4, 0.5) is 5.69 Å². The molecule has 146 valence electrons. The number of fused-ring (bicyclic) bond motifs is 1. The first-order chi connectivity index (χ1) is 13.0. The quantitative estimate of drug-likeness (QED) is 0.473. The fourth-order valence-corrected chi connectivity index (χ4v) is 2.86. The molecule has 8 N–H and O–H groups in total. The summed E-state index contributed by atoms with van der Waals surface area (Å²) in [4.78, 5) is 24.7. The van der Waals surface area contributed by atoms with Crippen molar-refractivity contribution in [3.8, 4) is 5.75 Å². The first-order valence-electron chi connectivity index (χ1n) is 9.26. The zero-order valence-electron chi connectivity index (χ0n) is 16.1. The molecule has 0 saturated heterocycles. The van der Waals surface area contributed by atoms with Gasteiger partial charge < -0.3 is 26.8 Å². The standard InChI is InChI=1S/C20H28N4O3/c1-13(23-20(26)17(22)9-5-6-10-21)19(25)24-15-11-14-7-3-4-8-16(14)18(12-15)27-2/h3-4,7-8,11-13,17H,5-6,9-10,21-22H2,1-2H3,(H,23,26)(H,24,25)/p+2/t13-,17-/m0/s1. The molecule has 0 saturated carbocycles. The minimum atomic E-state index is -0.660. The lowest BCUT2D eigenvalue weighted by Crippen LogP contribution is -2.68. The van der Waals surface area contributed by atoms with Crippen molar-refractivity contribution in [1.82, 2.24) is 5.32 Å². The molecule has 7 heteroatoms. The van der Waals surface area contributed by atoms with E-state index in [1.54, 1.807) is 20.1 Å². The van der Waals surface area contributed by atoms with Crippen LogP contribution < -0.4 is 26.8 Å². The summed E-state index contributed by atoms with van der Waals surface area (Å²) in [5.41, 5.74) is 8.29. The average Bonchev–Trinajstić information content (AvgIpc) is 2.67. The Balaban J connectivity index is 1.99. The zero-order chi connectivity index (χ0) is 19.8. The number of quaternary nitrogens is 2. The summed E-state index contributed by atoms with van der Waals surface area (Å²) in [7, 11) is 1.60. The fourth-order valence-electron chi connectivity index (χ4n) is 2.86. The van der Waals surface area contributed by atoms with E-state index >= 15 is 0 Å². The van der Waals surface area contributed by atoms with Gasteiger partial charge in [-0.15, -0.1) is 0 Å². The van der Waals surface area contributed by atoms with Crippen molar-refractivity contribution >= 4 is 28.3 Å². The van der Waals surface area contributed by atoms with Crippen LogP contribution in [0.1, 0.15) is 26.2 Å². The molecule has 0 spiro atoms. The monoisotopic (exact) mass is 374 g/mol. The summed E-state index contributed by atoms with van der Waals surface area (Å²) in [5.74, 6) is 0.187. The number of benzene rings is 2. The first kappa shape index (κ1) is 20.7. The van der Waals surface area contributed by atoms with Gasteiger partial charge in [0.15, 0.2) is 6.04 Å². The number of amides is 2. The van der Waals surface area contributed by atoms with Gasteiger partial charge in [0.05, 0.1) is 13.7 Å². The molecule has 0 aliphatic carbocycles. The molecule has 2 amide bonds. The maximum absolute atomic E-state index is 12.5. The Bertz CT molecular complexity index is 794. The van der Waals surface area contributed by atoms with E-state index in [4.69, 9.17) is 4.74 Å². The molecule has 0 fully saturated rings. The second-order valence-electron chi connectivity index (χ2n) is 6.67. The molecule has 0 bridgehead atoms. The minimum absolute atomic E-state index is 0.210. The Morgan fingerprint density at radius 3 is 2.59 bits per heavy atom. The number of rotatable bonds is 9. The van der Waals surface area contributed by atoms with Gasteiger partial charge in [-0.2, -0.15) is 0 Å². The second kappa shape index (κ2) is 9.89. The first-order valence-corrected chi connectivity index (χ1v) is 9.26. The molecule has 0 aliphatic heterocycles. The van der Waals surface area contributed by atoms with Gasteiger partial charge in [0.2, 0.25) is 5.91 Å². The number of hydrogen-bond acceptors (Lipinski definition) is 3. The van der Waals surface area contributed by atoms with E-state index in [1.807, 2.05) is 30.3 Å². The van der Waals surface area contributed by atoms with Crippen LogP contribution in [0.3, 0.4) is 0 Å². The molecular formula is C20H30N4O3+2. The summed E-state index contributed by atoms with van der Waals surface area (Å²) < 4.78 is 5.42. The van der Waals surface area contributed by atoms with E-state index in [0.29, 0.717) is 17.9 Å². The molecule has 0 aliphatic rings. The van der Waals surface area contributed by atoms with E-state index < -0.39 is 6.04 Å². The maximum Gasteiger partial charge on any atom is 0.278 e. The van der Waals surface area contributed by atoms with Crippen LogP contribution in [0.15, 0.2) is 36.4 Å². The van der Waals surface area contributed by atoms with Crippen LogP contribution in [0.5, 0.6) is 5.75 Å². The highest BCUT2D eigenvalue weighted by molar-refractivity contribution is 6.00. The van der Waals surface area contributed by atoms with Crippen molar-refractivity contribution in [1.29, 1.82) is 0 Å². The van der Waals surface area contributed by atoms with Crippen molar-refractivity contribution < 1.29 is 25.8 Å². The Kier molecular flexibility index (Phi) is 7.57. The van der Waals surface area contributed by atoms with Gasteiger partial charge in [-0.1, -0.05) is 24.3 Å². The molecule has 2 atom stereocenters. The topological polar surface area (TPSA) is 123 Å². The molecule has 0 unspecified atom stereocenters. The van der Waals surface area contributed by atoms with Gasteiger partial charge in [0.25, 0.3) is 5.91 Å². The third-order valence-electron chi connectivity index (χ3n) is 4.49. The molecule has 27 heavy (non-hydrogen) atoms. The molecule has 2 aromatic rings. The smallest absolute Gasteiger partial charge is 0.278 e. The number of nitrogens with one attached hydrogen (secondary N) is 2. The molecule has 2 aromatic carbocycles. The molecule has 0 heterocycles. The number of unbranched alkanes of at least 4 members (excludes halogenated alkanes) is 1. The normalized spacial score (nSPS) is 13.0. The van der Waals surface area contributed by atoms with E-state index in [0.717, 1.165) is 30.2 Å². The zero-order valence-corrected chi connectivity index (χ0v) is 16.1. The molecule has 0 aromatic heterocycles. The van der Waals surface area contributed by atoms with Crippen LogP contribution >= 0.6 is 0 Å². The third-order valence-corrected chi connectivity index (χ3v) is 4.49. The van der Waals surface area contributed by atoms with Gasteiger partial charge in [-0.05, 0) is 31.2 Å². The van der Waals surface area contributed by atoms with E-state index in [-0.39, 0.29) is 17.9 Å². The maximum atomic E-state index is 12.5. The van der Waals surface area contributed by atoms with Crippen molar-refractivity contribution in [2.45, 2.75) is 38.3 Å². The van der Waals surface area contributed by atoms with Gasteiger partial charge in [-0.25, -0.2) is 0 Å². The predicted molar refractivity (Wildman–Crippen MR) is 105 cm³/mol. The van der Waals surface area contributed by atoms with Gasteiger partial charge >= 0.3 is 0 Å². The van der Waals surface area contributed by atoms with Gasteiger partial charge in [0, 0.05) is 23.6 Å². The van der Waals surface area contributed by atoms with Crippen LogP contribution in [-0.2, 0) is 9.59 Å². The summed E-state index contributed by atoms with van der Waals surface area (Å²) >= 11 is 0. The highest BCUT2D eigenvalue weighted by Gasteiger charge is 2.22. The molecular weight excluding hydrogens is 344 g/mol. The number of ether oxygens (including phenoxy) is 1. The summed E-state index contributed by atoms with van der Waals surface area (Å²) in [6.07, 6.45) is 2.57. The van der Waals surface area contributed by atoms with Crippen LogP contribution in [-0.4, -0.2) is 37.6 Å². The van der Waals surface area contributed by atoms with Crippen molar-refractivity contribution in [2.75, 3.05) is 19.0 Å². The summed E-state index contributed by atoms with van der Waals surface area (Å²) in [6, 6.07) is 10.4. The van der Waals surface area contributed by atoms with E-state index in [1.165, 1.54) is 0 Å². The highest BCUT2D eigenvalue weighted by atomic mass is 16.5. The van der Waals surface area contributed by atoms with Crippen molar-refractivity contribution in [3.63, 3.8) is 0 Å². The molecule has 2 rings (SSSR count). The minimum Gasteiger partial charge on any atom is -0.496 e. The lowest BCUT2D eigenvalue weighted by atomic mass is 10.1. The summed E-state index contributed by atoms with van der Waals surface area (Å²) in [5, 5.41) is 7.51. The van der Waals surface area contributed by atoms with Crippen molar-refractivity contribution in [2.24, 2.45) is 0 Å². The van der Waals surface area contributed by atoms with Crippen molar-refractivity contribution in [3.05, 3.63) is 36.4 Å². The second-order valence-corrected chi connectivity index (χ2v) is 6.67. The Labute approximate surface area is 159 Å². The van der Waals surface area contributed by atoms with Gasteiger partial charge in [0.1, 0.15) is 11.8 Å². The Morgan fingerprint density at radius 1 is 1.15 bits per heavy atom. The van der Waals surface area contributed by atoms with Crippen LogP contribution in [0.2, 0.25) is 0 Å². The number of methoxy groups -OCH3 is 1. The van der Waals surface area contributed by atoms with Gasteiger partial charge in [-0.3, -0.25) is 9.59 Å². The Hall–Kier alpha value is -2.64. The lowest BCUT2D eigenvalue weighted by Gasteiger charge is -2.17. The number of anilines is 1. The third kappa shape index (κ3) is 5.67. The lowest BCUT2D eigenvalue weighted by molar-refractivity contribution is -0.406. The van der Waals surface area contributed by atoms with Crippen LogP contribution in [0.25, 0.3) is 10.8 Å². The number of carbonyl (C=O) groups is 2.